The Morgan fingerprint density at radius 3 is 1.96 bits per heavy atom. The van der Waals surface area contributed by atoms with Crippen LogP contribution in [0.15, 0.2) is 90.1 Å². The normalized spacial score (nSPS) is 11.2. The molecule has 0 aliphatic heterocycles. The third kappa shape index (κ3) is 4.36. The van der Waals surface area contributed by atoms with Gasteiger partial charge in [0.25, 0.3) is 0 Å². The predicted molar refractivity (Wildman–Crippen MR) is 96.0 cm³/mol. The maximum Gasteiger partial charge on any atom is 0.0807 e. The summed E-state index contributed by atoms with van der Waals surface area (Å²) >= 11 is 0. The van der Waals surface area contributed by atoms with Crippen molar-refractivity contribution in [3.63, 3.8) is 0 Å². The lowest BCUT2D eigenvalue weighted by atomic mass is 9.89. The Morgan fingerprint density at radius 1 is 0.783 bits per heavy atom. The lowest BCUT2D eigenvalue weighted by Crippen LogP contribution is -2.03. The van der Waals surface area contributed by atoms with Gasteiger partial charge in [-0.1, -0.05) is 66.7 Å². The summed E-state index contributed by atoms with van der Waals surface area (Å²) in [7, 11) is 0. The predicted octanol–water partition coefficient (Wildman–Crippen LogP) is 4.72. The number of hydrogen-bond donors (Lipinski definition) is 0. The highest BCUT2D eigenvalue weighted by Crippen LogP contribution is 2.27. The van der Waals surface area contributed by atoms with E-state index in [2.05, 4.69) is 70.6 Å². The lowest BCUT2D eigenvalue weighted by molar-refractivity contribution is 0.728. The van der Waals surface area contributed by atoms with Gasteiger partial charge in [-0.3, -0.25) is 9.98 Å². The molecule has 2 aromatic carbocycles. The molecule has 0 aliphatic rings. The number of aliphatic imine (C=N–C) groups is 1. The summed E-state index contributed by atoms with van der Waals surface area (Å²) in [6.07, 6.45) is 4.63. The van der Waals surface area contributed by atoms with Gasteiger partial charge in [0.05, 0.1) is 5.69 Å². The second-order valence-corrected chi connectivity index (χ2v) is 5.45. The van der Waals surface area contributed by atoms with Crippen LogP contribution in [0.25, 0.3) is 0 Å². The van der Waals surface area contributed by atoms with Gasteiger partial charge in [-0.15, -0.1) is 0 Å². The van der Waals surface area contributed by atoms with E-state index >= 15 is 0 Å². The number of pyridine rings is 1. The minimum Gasteiger partial charge on any atom is -0.291 e. The zero-order valence-electron chi connectivity index (χ0n) is 13.0. The van der Waals surface area contributed by atoms with Crippen molar-refractivity contribution in [3.05, 3.63) is 102 Å². The first kappa shape index (κ1) is 15.2. The zero-order valence-corrected chi connectivity index (χ0v) is 13.0. The van der Waals surface area contributed by atoms with Crippen molar-refractivity contribution >= 4 is 6.21 Å². The van der Waals surface area contributed by atoms with Gasteiger partial charge in [0.15, 0.2) is 0 Å². The fraction of sp³-hybridized carbons (Fsp3) is 0.143. The topological polar surface area (TPSA) is 25.2 Å². The largest absolute Gasteiger partial charge is 0.291 e. The number of nitrogens with zero attached hydrogens (tertiary/aromatic N) is 2. The molecule has 0 saturated heterocycles. The fourth-order valence-electron chi connectivity index (χ4n) is 2.71. The summed E-state index contributed by atoms with van der Waals surface area (Å²) in [5.74, 6) is 0.373. The van der Waals surface area contributed by atoms with Gasteiger partial charge in [0, 0.05) is 24.9 Å². The summed E-state index contributed by atoms with van der Waals surface area (Å²) in [6, 6.07) is 27.2. The number of hydrogen-bond acceptors (Lipinski definition) is 2. The Balaban J connectivity index is 1.71. The SMILES string of the molecule is C(=NCCC(c1ccccc1)c1ccccc1)c1ccccn1. The highest BCUT2D eigenvalue weighted by molar-refractivity contribution is 5.76. The second kappa shape index (κ2) is 8.04. The van der Waals surface area contributed by atoms with Gasteiger partial charge in [0.1, 0.15) is 0 Å². The van der Waals surface area contributed by atoms with E-state index in [1.54, 1.807) is 6.20 Å². The summed E-state index contributed by atoms with van der Waals surface area (Å²) in [5, 5.41) is 0. The molecule has 1 aromatic heterocycles. The summed E-state index contributed by atoms with van der Waals surface area (Å²) in [6.45, 7) is 0.783. The quantitative estimate of drug-likeness (QED) is 0.604. The van der Waals surface area contributed by atoms with Crippen LogP contribution in [0.4, 0.5) is 0 Å². The van der Waals surface area contributed by atoms with Crippen molar-refractivity contribution < 1.29 is 0 Å². The van der Waals surface area contributed by atoms with E-state index in [-0.39, 0.29) is 0 Å². The van der Waals surface area contributed by atoms with E-state index in [1.807, 2.05) is 24.4 Å². The molecule has 0 aliphatic carbocycles. The van der Waals surface area contributed by atoms with Crippen LogP contribution in [0, 0.1) is 0 Å². The minimum absolute atomic E-state index is 0.373. The van der Waals surface area contributed by atoms with E-state index in [0.29, 0.717) is 5.92 Å². The van der Waals surface area contributed by atoms with Crippen LogP contribution in [0.3, 0.4) is 0 Å². The molecule has 0 saturated carbocycles. The molecule has 23 heavy (non-hydrogen) atoms. The Morgan fingerprint density at radius 2 is 1.39 bits per heavy atom. The molecule has 0 spiro atoms. The van der Waals surface area contributed by atoms with E-state index in [4.69, 9.17) is 0 Å². The van der Waals surface area contributed by atoms with E-state index in [9.17, 15) is 0 Å². The van der Waals surface area contributed by atoms with Crippen molar-refractivity contribution in [2.75, 3.05) is 6.54 Å². The van der Waals surface area contributed by atoms with Crippen LogP contribution < -0.4 is 0 Å². The molecule has 3 rings (SSSR count). The summed E-state index contributed by atoms with van der Waals surface area (Å²) in [4.78, 5) is 8.81. The highest BCUT2D eigenvalue weighted by atomic mass is 14.7. The van der Waals surface area contributed by atoms with Gasteiger partial charge in [-0.25, -0.2) is 0 Å². The molecule has 2 heteroatoms. The van der Waals surface area contributed by atoms with Crippen LogP contribution >= 0.6 is 0 Å². The van der Waals surface area contributed by atoms with Crippen molar-refractivity contribution in [2.24, 2.45) is 4.99 Å². The second-order valence-electron chi connectivity index (χ2n) is 5.45. The average molecular weight is 300 g/mol. The van der Waals surface area contributed by atoms with E-state index in [0.717, 1.165) is 18.7 Å². The van der Waals surface area contributed by atoms with Crippen LogP contribution in [0.5, 0.6) is 0 Å². The lowest BCUT2D eigenvalue weighted by Gasteiger charge is -2.17. The van der Waals surface area contributed by atoms with Gasteiger partial charge >= 0.3 is 0 Å². The van der Waals surface area contributed by atoms with Crippen molar-refractivity contribution in [2.45, 2.75) is 12.3 Å². The molecule has 2 nitrogen and oxygen atoms in total. The molecule has 0 radical (unpaired) electrons. The molecule has 0 atom stereocenters. The van der Waals surface area contributed by atoms with Crippen LogP contribution in [0.1, 0.15) is 29.2 Å². The first-order valence-electron chi connectivity index (χ1n) is 7.94. The maximum atomic E-state index is 4.54. The number of rotatable bonds is 6. The minimum atomic E-state index is 0.373. The van der Waals surface area contributed by atoms with Crippen LogP contribution in [-0.4, -0.2) is 17.7 Å². The summed E-state index contributed by atoms with van der Waals surface area (Å²) < 4.78 is 0. The Labute approximate surface area is 137 Å². The molecule has 3 aromatic rings. The van der Waals surface area contributed by atoms with Crippen molar-refractivity contribution in [3.8, 4) is 0 Å². The Bertz CT molecular complexity index is 682. The van der Waals surface area contributed by atoms with Crippen LogP contribution in [0.2, 0.25) is 0 Å². The average Bonchev–Trinajstić information content (AvgIpc) is 2.64. The standard InChI is InChI=1S/C21H20N2/c1-3-9-18(10-4-1)21(19-11-5-2-6-12-19)14-16-22-17-20-13-7-8-15-23-20/h1-13,15,17,21H,14,16H2. The van der Waals surface area contributed by atoms with E-state index in [1.165, 1.54) is 11.1 Å². The zero-order chi connectivity index (χ0) is 15.7. The van der Waals surface area contributed by atoms with Crippen molar-refractivity contribution in [1.82, 2.24) is 4.98 Å². The molecule has 0 bridgehead atoms. The first-order chi connectivity index (χ1) is 11.4. The third-order valence-electron chi connectivity index (χ3n) is 3.86. The van der Waals surface area contributed by atoms with E-state index < -0.39 is 0 Å². The molecule has 0 unspecified atom stereocenters. The fourth-order valence-corrected chi connectivity index (χ4v) is 2.71. The molecule has 0 N–H and O–H groups in total. The van der Waals surface area contributed by atoms with Gasteiger partial charge in [0.2, 0.25) is 0 Å². The monoisotopic (exact) mass is 300 g/mol. The highest BCUT2D eigenvalue weighted by Gasteiger charge is 2.12. The molecule has 1 heterocycles. The first-order valence-corrected chi connectivity index (χ1v) is 7.94. The Kier molecular flexibility index (Phi) is 5.30. The number of benzene rings is 2. The molecule has 0 fully saturated rings. The molecular formula is C21H20N2. The number of aromatic nitrogens is 1. The molecule has 114 valence electrons. The van der Waals surface area contributed by atoms with Gasteiger partial charge < -0.3 is 0 Å². The third-order valence-corrected chi connectivity index (χ3v) is 3.86. The molecular weight excluding hydrogens is 280 g/mol. The maximum absolute atomic E-state index is 4.54. The van der Waals surface area contributed by atoms with Gasteiger partial charge in [-0.05, 0) is 29.7 Å². The molecule has 0 amide bonds. The van der Waals surface area contributed by atoms with Crippen LogP contribution in [-0.2, 0) is 0 Å². The Hall–Kier alpha value is -2.74. The smallest absolute Gasteiger partial charge is 0.0807 e. The summed E-state index contributed by atoms with van der Waals surface area (Å²) in [5.41, 5.74) is 3.59. The van der Waals surface area contributed by atoms with Crippen molar-refractivity contribution in [1.29, 1.82) is 0 Å². The van der Waals surface area contributed by atoms with Gasteiger partial charge in [-0.2, -0.15) is 0 Å².